The molecule has 1 aromatic rings. The Morgan fingerprint density at radius 1 is 1.07 bits per heavy atom. The van der Waals surface area contributed by atoms with Crippen LogP contribution in [0.15, 0.2) is 29.2 Å². The van der Waals surface area contributed by atoms with Gasteiger partial charge in [0.15, 0.2) is 0 Å². The largest absolute Gasteiger partial charge is 0.282 e. The van der Waals surface area contributed by atoms with Crippen molar-refractivity contribution in [1.82, 2.24) is 0 Å². The van der Waals surface area contributed by atoms with Crippen LogP contribution in [-0.2, 0) is 17.7 Å². The van der Waals surface area contributed by atoms with Crippen molar-refractivity contribution in [3.05, 3.63) is 29.8 Å². The fourth-order valence-electron chi connectivity index (χ4n) is 1.51. The van der Waals surface area contributed by atoms with Crippen molar-refractivity contribution >= 4 is 17.7 Å². The van der Waals surface area contributed by atoms with Crippen LogP contribution in [-0.4, -0.2) is 16.8 Å². The Hall–Kier alpha value is -0.880. The second-order valence-electron chi connectivity index (χ2n) is 3.13. The van der Waals surface area contributed by atoms with Gasteiger partial charge in [-0.05, 0) is 18.6 Å². The van der Waals surface area contributed by atoms with E-state index in [1.807, 2.05) is 0 Å². The molecule has 1 unspecified atom stereocenters. The van der Waals surface area contributed by atoms with E-state index in [1.54, 1.807) is 6.07 Å². The van der Waals surface area contributed by atoms with Crippen LogP contribution in [0.5, 0.6) is 0 Å². The molecule has 1 atom stereocenters. The van der Waals surface area contributed by atoms with Gasteiger partial charge in [0.2, 0.25) is 0 Å². The van der Waals surface area contributed by atoms with Crippen molar-refractivity contribution in [2.45, 2.75) is 17.1 Å². The molecule has 0 fully saturated rings. The minimum absolute atomic E-state index is 0.0764. The maximum atomic E-state index is 11.5. The lowest BCUT2D eigenvalue weighted by Gasteiger charge is -1.98. The standard InChI is InChI=1S/C8H8O4S2/c1-6-7-4-2-3-5-8(7)14(11,12)13(6,9)10/h2-6H,1H3. The summed E-state index contributed by atoms with van der Waals surface area (Å²) in [6.07, 6.45) is 0. The summed E-state index contributed by atoms with van der Waals surface area (Å²) in [4.78, 5) is -0.0764. The first-order valence-corrected chi connectivity index (χ1v) is 7.51. The van der Waals surface area contributed by atoms with Crippen molar-refractivity contribution in [1.29, 1.82) is 0 Å². The zero-order chi connectivity index (χ0) is 10.6. The van der Waals surface area contributed by atoms with Crippen LogP contribution in [0.4, 0.5) is 0 Å². The molecule has 0 spiro atoms. The Morgan fingerprint density at radius 2 is 1.64 bits per heavy atom. The molecule has 1 heterocycles. The Bertz CT molecular complexity index is 584. The SMILES string of the molecule is CC1c2ccccc2S(=O)(=O)S1(=O)=O. The first-order valence-electron chi connectivity index (χ1n) is 3.97. The number of hydrogen-bond donors (Lipinski definition) is 0. The van der Waals surface area contributed by atoms with Gasteiger partial charge in [-0.25, -0.2) is 16.8 Å². The monoisotopic (exact) mass is 232 g/mol. The Labute approximate surface area is 81.8 Å². The first kappa shape index (κ1) is 9.67. The smallest absolute Gasteiger partial charge is 0.212 e. The maximum Gasteiger partial charge on any atom is 0.282 e. The summed E-state index contributed by atoms with van der Waals surface area (Å²) in [7, 11) is -8.25. The average Bonchev–Trinajstić information content (AvgIpc) is 2.27. The molecular weight excluding hydrogens is 224 g/mol. The van der Waals surface area contributed by atoms with E-state index < -0.39 is 23.0 Å². The summed E-state index contributed by atoms with van der Waals surface area (Å²) >= 11 is 0. The molecule has 0 radical (unpaired) electrons. The van der Waals surface area contributed by atoms with Crippen LogP contribution in [0, 0.1) is 0 Å². The molecule has 0 amide bonds. The zero-order valence-electron chi connectivity index (χ0n) is 7.34. The van der Waals surface area contributed by atoms with E-state index in [-0.39, 0.29) is 4.90 Å². The van der Waals surface area contributed by atoms with E-state index in [1.165, 1.54) is 25.1 Å². The summed E-state index contributed by atoms with van der Waals surface area (Å²) in [6, 6.07) is 6.00. The molecule has 1 aliphatic heterocycles. The molecule has 2 rings (SSSR count). The van der Waals surface area contributed by atoms with Crippen molar-refractivity contribution < 1.29 is 16.8 Å². The van der Waals surface area contributed by atoms with E-state index in [4.69, 9.17) is 0 Å². The summed E-state index contributed by atoms with van der Waals surface area (Å²) in [5.41, 5.74) is 0.368. The molecule has 1 aromatic carbocycles. The summed E-state index contributed by atoms with van der Waals surface area (Å²) in [6.45, 7) is 1.39. The second kappa shape index (κ2) is 2.58. The van der Waals surface area contributed by atoms with E-state index in [2.05, 4.69) is 0 Å². The Kier molecular flexibility index (Phi) is 1.78. The first-order chi connectivity index (χ1) is 6.39. The van der Waals surface area contributed by atoms with E-state index in [0.717, 1.165) is 0 Å². The molecule has 6 heteroatoms. The van der Waals surface area contributed by atoms with E-state index >= 15 is 0 Å². The quantitative estimate of drug-likeness (QED) is 0.622. The zero-order valence-corrected chi connectivity index (χ0v) is 8.97. The van der Waals surface area contributed by atoms with Gasteiger partial charge in [-0.1, -0.05) is 18.2 Å². The third-order valence-corrected chi connectivity index (χ3v) is 8.25. The van der Waals surface area contributed by atoms with Crippen molar-refractivity contribution in [2.75, 3.05) is 0 Å². The van der Waals surface area contributed by atoms with Gasteiger partial charge in [-0.3, -0.25) is 0 Å². The van der Waals surface area contributed by atoms with Gasteiger partial charge >= 0.3 is 0 Å². The van der Waals surface area contributed by atoms with Crippen LogP contribution >= 0.6 is 0 Å². The topological polar surface area (TPSA) is 68.3 Å². The Morgan fingerprint density at radius 3 is 2.21 bits per heavy atom. The van der Waals surface area contributed by atoms with E-state index in [9.17, 15) is 16.8 Å². The average molecular weight is 232 g/mol. The lowest BCUT2D eigenvalue weighted by atomic mass is 10.2. The summed E-state index contributed by atoms with van der Waals surface area (Å²) < 4.78 is 46.0. The van der Waals surface area contributed by atoms with E-state index in [0.29, 0.717) is 5.56 Å². The molecular formula is C8H8O4S2. The fraction of sp³-hybridized carbons (Fsp3) is 0.250. The predicted octanol–water partition coefficient (Wildman–Crippen LogP) is 0.865. The van der Waals surface area contributed by atoms with Crippen molar-refractivity contribution in [2.24, 2.45) is 0 Å². The number of hydrogen-bond acceptors (Lipinski definition) is 4. The van der Waals surface area contributed by atoms with Gasteiger partial charge in [0.25, 0.3) is 17.7 Å². The Balaban J connectivity index is 2.96. The molecule has 0 bridgehead atoms. The molecule has 1 aliphatic rings. The molecule has 76 valence electrons. The van der Waals surface area contributed by atoms with Crippen molar-refractivity contribution in [3.8, 4) is 0 Å². The highest BCUT2D eigenvalue weighted by Crippen LogP contribution is 2.41. The molecule has 0 aromatic heterocycles. The maximum absolute atomic E-state index is 11.5. The lowest BCUT2D eigenvalue weighted by molar-refractivity contribution is 0.583. The van der Waals surface area contributed by atoms with Crippen LogP contribution in [0.3, 0.4) is 0 Å². The van der Waals surface area contributed by atoms with Gasteiger partial charge in [-0.2, -0.15) is 0 Å². The highest BCUT2D eigenvalue weighted by atomic mass is 33.2. The number of fused-ring (bicyclic) bond motifs is 1. The molecule has 0 saturated heterocycles. The molecule has 0 saturated carbocycles. The molecule has 0 N–H and O–H groups in total. The van der Waals surface area contributed by atoms with Gasteiger partial charge < -0.3 is 0 Å². The molecule has 0 aliphatic carbocycles. The minimum Gasteiger partial charge on any atom is -0.212 e. The summed E-state index contributed by atoms with van der Waals surface area (Å²) in [5, 5.41) is -0.955. The third kappa shape index (κ3) is 0.923. The van der Waals surface area contributed by atoms with Crippen LogP contribution in [0.2, 0.25) is 0 Å². The van der Waals surface area contributed by atoms with Gasteiger partial charge in [0, 0.05) is 0 Å². The third-order valence-electron chi connectivity index (χ3n) is 2.37. The fourth-order valence-corrected chi connectivity index (χ4v) is 6.17. The molecule has 4 nitrogen and oxygen atoms in total. The minimum atomic E-state index is -4.16. The predicted molar refractivity (Wildman–Crippen MR) is 51.0 cm³/mol. The van der Waals surface area contributed by atoms with Gasteiger partial charge in [-0.15, -0.1) is 0 Å². The van der Waals surface area contributed by atoms with Gasteiger partial charge in [0.1, 0.15) is 0 Å². The highest BCUT2D eigenvalue weighted by Gasteiger charge is 2.47. The van der Waals surface area contributed by atoms with Crippen LogP contribution in [0.1, 0.15) is 17.7 Å². The molecule has 14 heavy (non-hydrogen) atoms. The van der Waals surface area contributed by atoms with Gasteiger partial charge in [0.05, 0.1) is 10.1 Å². The highest BCUT2D eigenvalue weighted by molar-refractivity contribution is 8.67. The van der Waals surface area contributed by atoms with Crippen LogP contribution in [0.25, 0.3) is 0 Å². The number of benzene rings is 1. The van der Waals surface area contributed by atoms with Crippen LogP contribution < -0.4 is 0 Å². The van der Waals surface area contributed by atoms with Crippen molar-refractivity contribution in [3.63, 3.8) is 0 Å². The number of rotatable bonds is 0. The normalized spacial score (nSPS) is 27.1. The second-order valence-corrected chi connectivity index (χ2v) is 8.88. The summed E-state index contributed by atoms with van der Waals surface area (Å²) in [5.74, 6) is 0. The lowest BCUT2D eigenvalue weighted by Crippen LogP contribution is -2.11.